The van der Waals surface area contributed by atoms with Crippen molar-refractivity contribution in [3.63, 3.8) is 0 Å². The molecule has 0 saturated carbocycles. The minimum Gasteiger partial charge on any atom is -0.444 e. The standard InChI is InChI=1S/C19H31N5O2/c1-7-15(9-8-14(2)3)17-13-24(18(25)26-19(4,5)6)12-16(22-17)10-11-21-23-20/h7-9,16-17,22H,2,10-13H2,1,3-6H3/b9-8-,15-7+/t16-,17+/m1/s1. The molecule has 1 rings (SSSR count). The maximum atomic E-state index is 12.6. The number of ether oxygens (including phenoxy) is 1. The van der Waals surface area contributed by atoms with Crippen molar-refractivity contribution in [3.8, 4) is 0 Å². The van der Waals surface area contributed by atoms with Gasteiger partial charge in [0.1, 0.15) is 5.60 Å². The summed E-state index contributed by atoms with van der Waals surface area (Å²) in [5.41, 5.74) is 9.99. The van der Waals surface area contributed by atoms with E-state index in [1.54, 1.807) is 4.90 Å². The van der Waals surface area contributed by atoms with Gasteiger partial charge >= 0.3 is 6.09 Å². The van der Waals surface area contributed by atoms with Crippen LogP contribution in [0.4, 0.5) is 4.79 Å². The van der Waals surface area contributed by atoms with E-state index in [1.807, 2.05) is 52.8 Å². The molecule has 0 aromatic rings. The van der Waals surface area contributed by atoms with Crippen LogP contribution < -0.4 is 5.32 Å². The molecule has 1 aliphatic heterocycles. The molecule has 0 radical (unpaired) electrons. The summed E-state index contributed by atoms with van der Waals surface area (Å²) in [5.74, 6) is 0. The number of amides is 1. The van der Waals surface area contributed by atoms with Crippen molar-refractivity contribution >= 4 is 6.09 Å². The Bertz CT molecular complexity index is 612. The fourth-order valence-corrected chi connectivity index (χ4v) is 2.71. The summed E-state index contributed by atoms with van der Waals surface area (Å²) in [4.78, 5) is 17.1. The molecule has 0 unspecified atom stereocenters. The summed E-state index contributed by atoms with van der Waals surface area (Å²) in [5, 5.41) is 7.16. The quantitative estimate of drug-likeness (QED) is 0.330. The lowest BCUT2D eigenvalue weighted by Crippen LogP contribution is -2.59. The van der Waals surface area contributed by atoms with Gasteiger partial charge in [-0.1, -0.05) is 35.5 Å². The molecule has 0 spiro atoms. The van der Waals surface area contributed by atoms with Gasteiger partial charge in [0.05, 0.1) is 0 Å². The molecule has 1 aliphatic rings. The lowest BCUT2D eigenvalue weighted by molar-refractivity contribution is 0.0165. The summed E-state index contributed by atoms with van der Waals surface area (Å²) in [6, 6.07) is 0.00730. The van der Waals surface area contributed by atoms with Gasteiger partial charge < -0.3 is 15.0 Å². The highest BCUT2D eigenvalue weighted by Gasteiger charge is 2.32. The minimum absolute atomic E-state index is 0.0204. The van der Waals surface area contributed by atoms with Crippen molar-refractivity contribution in [2.24, 2.45) is 5.11 Å². The Morgan fingerprint density at radius 3 is 2.65 bits per heavy atom. The van der Waals surface area contributed by atoms with E-state index in [0.29, 0.717) is 26.1 Å². The molecule has 7 nitrogen and oxygen atoms in total. The third kappa shape index (κ3) is 7.76. The number of hydrogen-bond acceptors (Lipinski definition) is 4. The van der Waals surface area contributed by atoms with E-state index in [0.717, 1.165) is 11.1 Å². The van der Waals surface area contributed by atoms with Crippen LogP contribution in [0, 0.1) is 0 Å². The largest absolute Gasteiger partial charge is 0.444 e. The van der Waals surface area contributed by atoms with E-state index in [-0.39, 0.29) is 18.2 Å². The van der Waals surface area contributed by atoms with E-state index in [4.69, 9.17) is 10.3 Å². The molecule has 1 heterocycles. The average molecular weight is 361 g/mol. The maximum absolute atomic E-state index is 12.6. The second-order valence-electron chi connectivity index (χ2n) is 7.51. The van der Waals surface area contributed by atoms with Gasteiger partial charge in [0.2, 0.25) is 0 Å². The molecular weight excluding hydrogens is 330 g/mol. The van der Waals surface area contributed by atoms with Crippen molar-refractivity contribution in [1.29, 1.82) is 0 Å². The Morgan fingerprint density at radius 2 is 2.12 bits per heavy atom. The molecule has 144 valence electrons. The molecular formula is C19H31N5O2. The first-order chi connectivity index (χ1) is 12.2. The number of azide groups is 1. The zero-order valence-electron chi connectivity index (χ0n) is 16.5. The highest BCUT2D eigenvalue weighted by molar-refractivity contribution is 5.68. The highest BCUT2D eigenvalue weighted by Crippen LogP contribution is 2.18. The summed E-state index contributed by atoms with van der Waals surface area (Å²) in [7, 11) is 0. The summed E-state index contributed by atoms with van der Waals surface area (Å²) in [6.45, 7) is 14.8. The SMILES string of the molecule is C=C(C)/C=C\C(=C/C)[C@@H]1CN(C(=O)OC(C)(C)C)C[C@@H](CCN=[N+]=[N-])N1. The maximum Gasteiger partial charge on any atom is 0.410 e. The lowest BCUT2D eigenvalue weighted by atomic mass is 9.99. The number of piperazine rings is 1. The molecule has 1 fully saturated rings. The van der Waals surface area contributed by atoms with Gasteiger partial charge in [0, 0.05) is 36.6 Å². The van der Waals surface area contributed by atoms with Crippen LogP contribution >= 0.6 is 0 Å². The van der Waals surface area contributed by atoms with Gasteiger partial charge in [-0.2, -0.15) is 0 Å². The van der Waals surface area contributed by atoms with Crippen LogP contribution in [0.15, 0.2) is 41.1 Å². The van der Waals surface area contributed by atoms with Crippen LogP contribution in [0.3, 0.4) is 0 Å². The first kappa shape index (κ1) is 21.8. The molecule has 1 saturated heterocycles. The number of carbonyl (C=O) groups excluding carboxylic acids is 1. The Kier molecular flexibility index (Phi) is 8.42. The highest BCUT2D eigenvalue weighted by atomic mass is 16.6. The van der Waals surface area contributed by atoms with Crippen LogP contribution in [0.25, 0.3) is 10.4 Å². The number of allylic oxidation sites excluding steroid dienone is 3. The fourth-order valence-electron chi connectivity index (χ4n) is 2.71. The van der Waals surface area contributed by atoms with Crippen LogP contribution in [0.1, 0.15) is 41.0 Å². The molecule has 1 amide bonds. The Hall–Kier alpha value is -2.24. The number of hydrogen-bond donors (Lipinski definition) is 1. The molecule has 0 aliphatic carbocycles. The van der Waals surface area contributed by atoms with Gasteiger partial charge in [0.25, 0.3) is 0 Å². The van der Waals surface area contributed by atoms with Crippen molar-refractivity contribution in [1.82, 2.24) is 10.2 Å². The van der Waals surface area contributed by atoms with E-state index in [1.165, 1.54) is 0 Å². The average Bonchev–Trinajstić information content (AvgIpc) is 2.53. The summed E-state index contributed by atoms with van der Waals surface area (Å²) in [6.07, 6.45) is 6.33. The first-order valence-corrected chi connectivity index (χ1v) is 8.91. The van der Waals surface area contributed by atoms with Crippen LogP contribution in [0.2, 0.25) is 0 Å². The number of carbonyl (C=O) groups is 1. The lowest BCUT2D eigenvalue weighted by Gasteiger charge is -2.40. The Balaban J connectivity index is 2.96. The van der Waals surface area contributed by atoms with Gasteiger partial charge in [-0.25, -0.2) is 4.79 Å². The minimum atomic E-state index is -0.540. The monoisotopic (exact) mass is 361 g/mol. The second-order valence-corrected chi connectivity index (χ2v) is 7.51. The summed E-state index contributed by atoms with van der Waals surface area (Å²) < 4.78 is 5.54. The summed E-state index contributed by atoms with van der Waals surface area (Å²) >= 11 is 0. The van der Waals surface area contributed by atoms with Crippen molar-refractivity contribution in [3.05, 3.63) is 46.4 Å². The smallest absolute Gasteiger partial charge is 0.410 e. The van der Waals surface area contributed by atoms with Crippen LogP contribution in [-0.4, -0.2) is 48.3 Å². The third-order valence-corrected chi connectivity index (χ3v) is 3.87. The molecule has 0 aromatic carbocycles. The van der Waals surface area contributed by atoms with E-state index < -0.39 is 5.60 Å². The van der Waals surface area contributed by atoms with Crippen LogP contribution in [0.5, 0.6) is 0 Å². The van der Waals surface area contributed by atoms with Gasteiger partial charge in [-0.3, -0.25) is 0 Å². The number of rotatable bonds is 6. The molecule has 2 atom stereocenters. The molecule has 0 aromatic heterocycles. The normalized spacial score (nSPS) is 21.4. The Labute approximate surface area is 156 Å². The van der Waals surface area contributed by atoms with Crippen LogP contribution in [-0.2, 0) is 4.74 Å². The predicted molar refractivity (Wildman–Crippen MR) is 105 cm³/mol. The van der Waals surface area contributed by atoms with Gasteiger partial charge in [-0.05, 0) is 52.1 Å². The fraction of sp³-hybridized carbons (Fsp3) is 0.632. The van der Waals surface area contributed by atoms with Crippen molar-refractivity contribution in [2.75, 3.05) is 19.6 Å². The first-order valence-electron chi connectivity index (χ1n) is 8.91. The zero-order chi connectivity index (χ0) is 19.7. The van der Waals surface area contributed by atoms with Gasteiger partial charge in [0.15, 0.2) is 0 Å². The third-order valence-electron chi connectivity index (χ3n) is 3.87. The van der Waals surface area contributed by atoms with Crippen molar-refractivity contribution < 1.29 is 9.53 Å². The predicted octanol–water partition coefficient (Wildman–Crippen LogP) is 4.34. The van der Waals surface area contributed by atoms with Gasteiger partial charge in [-0.15, -0.1) is 0 Å². The number of nitrogens with zero attached hydrogens (tertiary/aromatic N) is 4. The molecule has 7 heteroatoms. The number of nitrogens with one attached hydrogen (secondary N) is 1. The molecule has 26 heavy (non-hydrogen) atoms. The van der Waals surface area contributed by atoms with E-state index in [9.17, 15) is 4.79 Å². The van der Waals surface area contributed by atoms with Crippen molar-refractivity contribution in [2.45, 2.75) is 58.7 Å². The Morgan fingerprint density at radius 1 is 1.42 bits per heavy atom. The van der Waals surface area contributed by atoms with E-state index >= 15 is 0 Å². The molecule has 1 N–H and O–H groups in total. The van der Waals surface area contributed by atoms with E-state index in [2.05, 4.69) is 21.9 Å². The zero-order valence-corrected chi connectivity index (χ0v) is 16.5. The second kappa shape index (κ2) is 10.0. The molecule has 0 bridgehead atoms. The topological polar surface area (TPSA) is 90.3 Å².